The summed E-state index contributed by atoms with van der Waals surface area (Å²) in [7, 11) is 0. The van der Waals surface area contributed by atoms with E-state index in [1.54, 1.807) is 0 Å². The molecule has 0 saturated heterocycles. The molecule has 3 N–H and O–H groups in total. The van der Waals surface area contributed by atoms with Gasteiger partial charge in [0.25, 0.3) is 0 Å². The van der Waals surface area contributed by atoms with Gasteiger partial charge in [0.2, 0.25) is 11.8 Å². The summed E-state index contributed by atoms with van der Waals surface area (Å²) in [5, 5.41) is 8.28. The van der Waals surface area contributed by atoms with E-state index in [4.69, 9.17) is 4.74 Å². The van der Waals surface area contributed by atoms with Crippen LogP contribution < -0.4 is 16.0 Å². The number of hydrogen-bond donors (Lipinski definition) is 3. The molecular weight excluding hydrogens is 430 g/mol. The Labute approximate surface area is 205 Å². The van der Waals surface area contributed by atoms with Gasteiger partial charge in [-0.1, -0.05) is 102 Å². The summed E-state index contributed by atoms with van der Waals surface area (Å²) in [5.74, 6) is -0.452. The molecule has 7 nitrogen and oxygen atoms in total. The van der Waals surface area contributed by atoms with Crippen molar-refractivity contribution in [1.29, 1.82) is 0 Å². The van der Waals surface area contributed by atoms with E-state index in [1.165, 1.54) is 25.7 Å². The summed E-state index contributed by atoms with van der Waals surface area (Å²) in [4.78, 5) is 37.2. The molecule has 1 rings (SSSR count). The van der Waals surface area contributed by atoms with Gasteiger partial charge in [-0.2, -0.15) is 0 Å². The maximum absolute atomic E-state index is 12.7. The number of rotatable bonds is 19. The molecule has 0 aromatic heterocycles. The first-order valence-electron chi connectivity index (χ1n) is 13.1. The molecule has 0 aliphatic rings. The van der Waals surface area contributed by atoms with E-state index in [9.17, 15) is 14.4 Å². The molecule has 0 saturated carbocycles. The average Bonchev–Trinajstić information content (AvgIpc) is 2.85. The number of benzene rings is 1. The van der Waals surface area contributed by atoms with Crippen molar-refractivity contribution < 1.29 is 19.1 Å². The molecule has 0 bridgehead atoms. The second-order valence-corrected chi connectivity index (χ2v) is 8.79. The number of unbranched alkanes of at least 4 members (excludes halogenated alkanes) is 9. The van der Waals surface area contributed by atoms with E-state index in [0.717, 1.165) is 50.5 Å². The Kier molecular flexibility index (Phi) is 17.2. The quantitative estimate of drug-likeness (QED) is 0.239. The minimum Gasteiger partial charge on any atom is -0.445 e. The molecular formula is C27H45N3O4. The van der Waals surface area contributed by atoms with Gasteiger partial charge in [0.05, 0.1) is 6.54 Å². The number of carbonyl (C=O) groups excluding carboxylic acids is 3. The van der Waals surface area contributed by atoms with Crippen molar-refractivity contribution in [1.82, 2.24) is 16.0 Å². The fraction of sp³-hybridized carbons (Fsp3) is 0.667. The van der Waals surface area contributed by atoms with E-state index in [1.807, 2.05) is 30.3 Å². The largest absolute Gasteiger partial charge is 0.445 e. The van der Waals surface area contributed by atoms with Crippen LogP contribution in [0.4, 0.5) is 4.79 Å². The number of amides is 3. The highest BCUT2D eigenvalue weighted by atomic mass is 16.5. The lowest BCUT2D eigenvalue weighted by molar-refractivity contribution is -0.129. The molecule has 192 valence electrons. The number of hydrogen-bond acceptors (Lipinski definition) is 4. The third-order valence-electron chi connectivity index (χ3n) is 5.65. The Morgan fingerprint density at radius 2 is 1.41 bits per heavy atom. The van der Waals surface area contributed by atoms with Crippen molar-refractivity contribution in [2.75, 3.05) is 13.1 Å². The van der Waals surface area contributed by atoms with Crippen molar-refractivity contribution >= 4 is 17.9 Å². The first kappa shape index (κ1) is 29.5. The Balaban J connectivity index is 2.43. The van der Waals surface area contributed by atoms with Crippen LogP contribution in [0, 0.1) is 0 Å². The predicted molar refractivity (Wildman–Crippen MR) is 136 cm³/mol. The van der Waals surface area contributed by atoms with Crippen LogP contribution in [0.5, 0.6) is 0 Å². The van der Waals surface area contributed by atoms with Crippen molar-refractivity contribution in [2.24, 2.45) is 0 Å². The molecule has 0 aliphatic heterocycles. The maximum atomic E-state index is 12.7. The van der Waals surface area contributed by atoms with E-state index in [-0.39, 0.29) is 25.0 Å². The molecule has 1 atom stereocenters. The molecule has 1 aromatic rings. The van der Waals surface area contributed by atoms with Gasteiger partial charge >= 0.3 is 6.09 Å². The Hall–Kier alpha value is -2.57. The highest BCUT2D eigenvalue weighted by molar-refractivity contribution is 5.88. The first-order valence-corrected chi connectivity index (χ1v) is 13.1. The van der Waals surface area contributed by atoms with Crippen molar-refractivity contribution in [3.8, 4) is 0 Å². The fourth-order valence-corrected chi connectivity index (χ4v) is 3.56. The van der Waals surface area contributed by atoms with Crippen LogP contribution in [0.1, 0.15) is 96.5 Å². The molecule has 3 amide bonds. The van der Waals surface area contributed by atoms with Gasteiger partial charge < -0.3 is 20.7 Å². The Bertz CT molecular complexity index is 682. The van der Waals surface area contributed by atoms with Gasteiger partial charge in [-0.25, -0.2) is 4.79 Å². The van der Waals surface area contributed by atoms with E-state index >= 15 is 0 Å². The summed E-state index contributed by atoms with van der Waals surface area (Å²) in [6, 6.07) is 8.55. The van der Waals surface area contributed by atoms with Crippen molar-refractivity contribution in [3.63, 3.8) is 0 Å². The third kappa shape index (κ3) is 15.3. The second kappa shape index (κ2) is 19.9. The van der Waals surface area contributed by atoms with Crippen LogP contribution in [0.3, 0.4) is 0 Å². The zero-order chi connectivity index (χ0) is 24.9. The second-order valence-electron chi connectivity index (χ2n) is 8.79. The molecule has 0 fully saturated rings. The number of ether oxygens (including phenoxy) is 1. The lowest BCUT2D eigenvalue weighted by Crippen LogP contribution is -2.52. The van der Waals surface area contributed by atoms with Gasteiger partial charge in [0.15, 0.2) is 0 Å². The van der Waals surface area contributed by atoms with Crippen LogP contribution in [0.2, 0.25) is 0 Å². The zero-order valence-electron chi connectivity index (χ0n) is 21.2. The highest BCUT2D eigenvalue weighted by Crippen LogP contribution is 2.08. The van der Waals surface area contributed by atoms with Gasteiger partial charge in [0, 0.05) is 13.0 Å². The van der Waals surface area contributed by atoms with Crippen LogP contribution >= 0.6 is 0 Å². The molecule has 0 heterocycles. The van der Waals surface area contributed by atoms with E-state index in [0.29, 0.717) is 13.0 Å². The number of alkyl carbamates (subject to hydrolysis) is 1. The molecule has 7 heteroatoms. The number of nitrogens with one attached hydrogen (secondary N) is 3. The summed E-state index contributed by atoms with van der Waals surface area (Å²) in [6.45, 7) is 5.02. The van der Waals surface area contributed by atoms with Crippen molar-refractivity contribution in [2.45, 2.75) is 104 Å². The maximum Gasteiger partial charge on any atom is 0.407 e. The van der Waals surface area contributed by atoms with Crippen molar-refractivity contribution in [3.05, 3.63) is 35.9 Å². The van der Waals surface area contributed by atoms with E-state index in [2.05, 4.69) is 29.8 Å². The molecule has 0 unspecified atom stereocenters. The minimum absolute atomic E-state index is 0.0167. The van der Waals surface area contributed by atoms with E-state index < -0.39 is 12.1 Å². The Morgan fingerprint density at radius 1 is 0.794 bits per heavy atom. The lowest BCUT2D eigenvalue weighted by atomic mass is 10.1. The molecule has 0 radical (unpaired) electrons. The molecule has 0 aliphatic carbocycles. The third-order valence-corrected chi connectivity index (χ3v) is 5.65. The fourth-order valence-electron chi connectivity index (χ4n) is 3.56. The minimum atomic E-state index is -0.826. The summed E-state index contributed by atoms with van der Waals surface area (Å²) in [5.41, 5.74) is 0.877. The van der Waals surface area contributed by atoms with Gasteiger partial charge in [-0.3, -0.25) is 9.59 Å². The van der Waals surface area contributed by atoms with Crippen LogP contribution in [-0.4, -0.2) is 37.0 Å². The molecule has 34 heavy (non-hydrogen) atoms. The first-order chi connectivity index (χ1) is 16.6. The van der Waals surface area contributed by atoms with Crippen LogP contribution in [0.15, 0.2) is 30.3 Å². The summed E-state index contributed by atoms with van der Waals surface area (Å²) >= 11 is 0. The SMILES string of the molecule is CCCCCCCCCC(=O)N[C@@H](CNC(=O)OCc1ccccc1)C(=O)NCCCCCC. The Morgan fingerprint density at radius 3 is 2.09 bits per heavy atom. The smallest absolute Gasteiger partial charge is 0.407 e. The normalized spacial score (nSPS) is 11.5. The summed E-state index contributed by atoms with van der Waals surface area (Å²) < 4.78 is 5.21. The van der Waals surface area contributed by atoms with Gasteiger partial charge in [-0.05, 0) is 18.4 Å². The average molecular weight is 476 g/mol. The highest BCUT2D eigenvalue weighted by Gasteiger charge is 2.21. The summed E-state index contributed by atoms with van der Waals surface area (Å²) in [6.07, 6.45) is 11.8. The molecule has 1 aromatic carbocycles. The monoisotopic (exact) mass is 475 g/mol. The number of carbonyl (C=O) groups is 3. The predicted octanol–water partition coefficient (Wildman–Crippen LogP) is 5.23. The standard InChI is InChI=1S/C27H45N3O4/c1-3-5-7-9-10-11-15-19-25(31)30-24(26(32)28-20-16-8-6-4-2)21-29-27(33)34-22-23-17-13-12-14-18-23/h12-14,17-18,24H,3-11,15-16,19-22H2,1-2H3,(H,28,32)(H,29,33)(H,30,31)/t24-/m0/s1. The van der Waals surface area contributed by atoms with Gasteiger partial charge in [0.1, 0.15) is 12.6 Å². The topological polar surface area (TPSA) is 96.5 Å². The van der Waals surface area contributed by atoms with Crippen LogP contribution in [-0.2, 0) is 20.9 Å². The van der Waals surface area contributed by atoms with Gasteiger partial charge in [-0.15, -0.1) is 0 Å². The lowest BCUT2D eigenvalue weighted by Gasteiger charge is -2.19. The molecule has 0 spiro atoms. The zero-order valence-corrected chi connectivity index (χ0v) is 21.2. The van der Waals surface area contributed by atoms with Crippen LogP contribution in [0.25, 0.3) is 0 Å².